The molecule has 4 rings (SSSR count). The van der Waals surface area contributed by atoms with Gasteiger partial charge >= 0.3 is 12.1 Å². The van der Waals surface area contributed by atoms with Crippen molar-refractivity contribution in [3.05, 3.63) is 71.4 Å². The molecule has 0 aliphatic heterocycles. The van der Waals surface area contributed by atoms with Crippen molar-refractivity contribution in [1.82, 2.24) is 15.8 Å². The van der Waals surface area contributed by atoms with Gasteiger partial charge in [0, 0.05) is 28.2 Å². The fraction of sp³-hybridized carbons (Fsp3) is 0.333. The van der Waals surface area contributed by atoms with E-state index in [2.05, 4.69) is 10.3 Å². The van der Waals surface area contributed by atoms with E-state index in [0.29, 0.717) is 30.8 Å². The zero-order chi connectivity index (χ0) is 28.6. The number of carbonyl (C=O) groups excluding carboxylic acids is 2. The zero-order valence-corrected chi connectivity index (χ0v) is 21.0. The molecule has 1 heterocycles. The van der Waals surface area contributed by atoms with Crippen LogP contribution in [0.25, 0.3) is 10.9 Å². The van der Waals surface area contributed by atoms with E-state index in [0.717, 1.165) is 35.0 Å². The van der Waals surface area contributed by atoms with Crippen molar-refractivity contribution in [3.63, 3.8) is 0 Å². The summed E-state index contributed by atoms with van der Waals surface area (Å²) in [6.07, 6.45) is -1.88. The van der Waals surface area contributed by atoms with Gasteiger partial charge in [0.1, 0.15) is 12.4 Å². The molecule has 0 saturated heterocycles. The average Bonchev–Trinajstić information content (AvgIpc) is 2.91. The molecule has 0 radical (unpaired) electrons. The quantitative estimate of drug-likeness (QED) is 0.262. The molecule has 9 nitrogen and oxygen atoms in total. The Hall–Kier alpha value is -4.19. The first-order chi connectivity index (χ1) is 18.5. The van der Waals surface area contributed by atoms with Crippen molar-refractivity contribution in [1.29, 1.82) is 0 Å². The number of rotatable bonds is 6. The third kappa shape index (κ3) is 8.14. The number of hydroxylamine groups is 1. The second-order valence-corrected chi connectivity index (χ2v) is 9.00. The highest BCUT2D eigenvalue weighted by Crippen LogP contribution is 2.25. The minimum absolute atomic E-state index is 0.241. The van der Waals surface area contributed by atoms with Crippen LogP contribution in [0.15, 0.2) is 54.6 Å². The maximum atomic E-state index is 12.7. The molecule has 1 aromatic heterocycles. The summed E-state index contributed by atoms with van der Waals surface area (Å²) in [5.41, 5.74) is 5.14. The number of pyridine rings is 1. The lowest BCUT2D eigenvalue weighted by Crippen LogP contribution is -2.47. The molecule has 12 heteroatoms. The molecule has 39 heavy (non-hydrogen) atoms. The average molecular weight is 548 g/mol. The lowest BCUT2D eigenvalue weighted by molar-refractivity contribution is -0.192. The highest BCUT2D eigenvalue weighted by atomic mass is 19.4. The Morgan fingerprint density at radius 2 is 1.69 bits per heavy atom. The van der Waals surface area contributed by atoms with Crippen molar-refractivity contribution in [2.45, 2.75) is 51.4 Å². The summed E-state index contributed by atoms with van der Waals surface area (Å²) in [6, 6.07) is 16.7. The lowest BCUT2D eigenvalue weighted by atomic mass is 9.84. The van der Waals surface area contributed by atoms with E-state index in [4.69, 9.17) is 19.8 Å². The molecule has 1 aliphatic carbocycles. The Kier molecular flexibility index (Phi) is 9.83. The van der Waals surface area contributed by atoms with Gasteiger partial charge in [-0.3, -0.25) is 19.8 Å². The van der Waals surface area contributed by atoms with Gasteiger partial charge in [0.25, 0.3) is 5.91 Å². The van der Waals surface area contributed by atoms with E-state index in [1.54, 1.807) is 29.7 Å². The van der Waals surface area contributed by atoms with Crippen LogP contribution in [0.3, 0.4) is 0 Å². The minimum atomic E-state index is -5.08. The van der Waals surface area contributed by atoms with E-state index in [1.807, 2.05) is 37.3 Å². The number of fused-ring (bicyclic) bond motifs is 1. The normalized spacial score (nSPS) is 16.9. The number of nitrogens with zero attached hydrogens (tertiary/aromatic N) is 1. The molecule has 0 unspecified atom stereocenters. The number of hydrogen-bond acceptors (Lipinski definition) is 6. The molecular formula is C27H28F3N3O6. The first-order valence-electron chi connectivity index (χ1n) is 12.1. The van der Waals surface area contributed by atoms with Gasteiger partial charge in [0.15, 0.2) is 0 Å². The van der Waals surface area contributed by atoms with Crippen LogP contribution < -0.4 is 15.5 Å². The summed E-state index contributed by atoms with van der Waals surface area (Å²) in [6.45, 7) is 2.36. The molecule has 0 spiro atoms. The third-order valence-corrected chi connectivity index (χ3v) is 6.21. The fourth-order valence-electron chi connectivity index (χ4n) is 4.33. The number of alkyl halides is 3. The van der Waals surface area contributed by atoms with Gasteiger partial charge in [-0.05, 0) is 56.2 Å². The number of carboxylic acids is 1. The Bertz CT molecular complexity index is 1310. The molecule has 208 valence electrons. The molecule has 4 N–H and O–H groups in total. The number of aliphatic carboxylic acids is 1. The van der Waals surface area contributed by atoms with E-state index in [-0.39, 0.29) is 11.9 Å². The first-order valence-corrected chi connectivity index (χ1v) is 12.1. The van der Waals surface area contributed by atoms with Gasteiger partial charge in [0.05, 0.1) is 11.4 Å². The van der Waals surface area contributed by atoms with Crippen LogP contribution in [0.2, 0.25) is 0 Å². The van der Waals surface area contributed by atoms with E-state index >= 15 is 0 Å². The van der Waals surface area contributed by atoms with Gasteiger partial charge in [-0.25, -0.2) is 10.3 Å². The van der Waals surface area contributed by atoms with Gasteiger partial charge in [-0.2, -0.15) is 13.2 Å². The lowest BCUT2D eigenvalue weighted by Gasteiger charge is -2.30. The predicted molar refractivity (Wildman–Crippen MR) is 134 cm³/mol. The van der Waals surface area contributed by atoms with Crippen LogP contribution in [0.1, 0.15) is 47.3 Å². The summed E-state index contributed by atoms with van der Waals surface area (Å²) in [5, 5.41) is 20.1. The molecule has 1 saturated carbocycles. The number of amides is 2. The van der Waals surface area contributed by atoms with Crippen molar-refractivity contribution >= 4 is 28.7 Å². The number of nitrogens with one attached hydrogen (secondary N) is 2. The van der Waals surface area contributed by atoms with Crippen LogP contribution >= 0.6 is 0 Å². The highest BCUT2D eigenvalue weighted by molar-refractivity contribution is 5.95. The number of benzene rings is 2. The molecule has 1 fully saturated rings. The van der Waals surface area contributed by atoms with E-state index < -0.39 is 24.0 Å². The number of aryl methyl sites for hydroxylation is 1. The number of aromatic nitrogens is 1. The minimum Gasteiger partial charge on any atom is -0.489 e. The van der Waals surface area contributed by atoms with Gasteiger partial charge in [-0.15, -0.1) is 0 Å². The smallest absolute Gasteiger partial charge is 0.489 e. The zero-order valence-electron chi connectivity index (χ0n) is 21.0. The summed E-state index contributed by atoms with van der Waals surface area (Å²) >= 11 is 0. The van der Waals surface area contributed by atoms with Crippen molar-refractivity contribution in [2.24, 2.45) is 5.92 Å². The monoisotopic (exact) mass is 547 g/mol. The molecule has 3 aromatic rings. The standard InChI is InChI=1S/C25H27N3O4.C2HF3O2/c1-16-14-18(20-6-2-4-8-22(20)26-16)15-32-19-12-10-17(11-13-19)24(29)27-23-9-5-3-7-21(23)25(30)28-31;3-2(4,5)1(6)7/h2,4,6,8,10-14,21,23,31H,3,5,7,9,15H2,1H3,(H,27,29)(H,28,30);(H,6,7)/t21-,23+;/m0./s1. The largest absolute Gasteiger partial charge is 0.490 e. The van der Waals surface area contributed by atoms with Crippen molar-refractivity contribution in [3.8, 4) is 5.75 Å². The summed E-state index contributed by atoms with van der Waals surface area (Å²) < 4.78 is 37.7. The number of halogens is 3. The maximum Gasteiger partial charge on any atom is 0.490 e. The maximum absolute atomic E-state index is 12.7. The van der Waals surface area contributed by atoms with Gasteiger partial charge in [-0.1, -0.05) is 31.0 Å². The molecule has 2 amide bonds. The Morgan fingerprint density at radius 3 is 2.33 bits per heavy atom. The number of carbonyl (C=O) groups is 3. The van der Waals surface area contributed by atoms with Crippen LogP contribution in [0.5, 0.6) is 5.75 Å². The second-order valence-electron chi connectivity index (χ2n) is 9.00. The number of para-hydroxylation sites is 1. The third-order valence-electron chi connectivity index (χ3n) is 6.21. The number of ether oxygens (including phenoxy) is 1. The summed E-state index contributed by atoms with van der Waals surface area (Å²) in [5.74, 6) is -3.20. The van der Waals surface area contributed by atoms with Crippen LogP contribution in [0, 0.1) is 12.8 Å². The van der Waals surface area contributed by atoms with E-state index in [9.17, 15) is 22.8 Å². The first kappa shape index (κ1) is 29.4. The van der Waals surface area contributed by atoms with E-state index in [1.165, 1.54) is 0 Å². The highest BCUT2D eigenvalue weighted by Gasteiger charge is 2.38. The van der Waals surface area contributed by atoms with Crippen molar-refractivity contribution in [2.75, 3.05) is 0 Å². The molecule has 2 aromatic carbocycles. The topological polar surface area (TPSA) is 138 Å². The SMILES string of the molecule is Cc1cc(COc2ccc(C(=O)N[C@@H]3CCCC[C@@H]3C(=O)NO)cc2)c2ccccc2n1.O=C(O)C(F)(F)F. The molecule has 1 aliphatic rings. The fourth-order valence-corrected chi connectivity index (χ4v) is 4.33. The van der Waals surface area contributed by atoms with Crippen LogP contribution in [0.4, 0.5) is 13.2 Å². The predicted octanol–water partition coefficient (Wildman–Crippen LogP) is 4.55. The van der Waals surface area contributed by atoms with Crippen LogP contribution in [-0.4, -0.2) is 45.3 Å². The second kappa shape index (κ2) is 13.1. The number of carboxylic acid groups (broad SMARTS) is 1. The molecular weight excluding hydrogens is 519 g/mol. The van der Waals surface area contributed by atoms with Crippen LogP contribution in [-0.2, 0) is 16.2 Å². The van der Waals surface area contributed by atoms with Gasteiger partial charge < -0.3 is 15.2 Å². The summed E-state index contributed by atoms with van der Waals surface area (Å²) in [4.78, 5) is 38.0. The van der Waals surface area contributed by atoms with Gasteiger partial charge in [0.2, 0.25) is 5.91 Å². The Balaban J connectivity index is 0.000000532. The Labute approximate surface area is 222 Å². The molecule has 2 atom stereocenters. The van der Waals surface area contributed by atoms with Crippen molar-refractivity contribution < 1.29 is 42.6 Å². The summed E-state index contributed by atoms with van der Waals surface area (Å²) in [7, 11) is 0. The number of hydrogen-bond donors (Lipinski definition) is 4. The Morgan fingerprint density at radius 1 is 1.05 bits per heavy atom. The molecule has 0 bridgehead atoms.